The number of nitrogens with zero attached hydrogens (tertiary/aromatic N) is 3. The van der Waals surface area contributed by atoms with E-state index in [1.165, 1.54) is 12.6 Å². The van der Waals surface area contributed by atoms with E-state index < -0.39 is 5.97 Å². The number of piperidine rings is 1. The Kier molecular flexibility index (Phi) is 3.00. The quantitative estimate of drug-likeness (QED) is 0.846. The average Bonchev–Trinajstić information content (AvgIpc) is 2.28. The molecule has 0 bridgehead atoms. The molecule has 1 saturated heterocycles. The summed E-state index contributed by atoms with van der Waals surface area (Å²) in [5, 5.41) is 8.89. The number of aromatic carboxylic acids is 1. The molecule has 5 heteroatoms. The molecule has 0 unspecified atom stereocenters. The average molecular weight is 235 g/mol. The standard InChI is InChI=1S/C12H17N3O2/c1-12(2)4-3-5-15(8-12)10-7-13-6-9(14-10)11(16)17/h6-7H,3-5,8H2,1-2H3,(H,16,17). The molecule has 0 aliphatic carbocycles. The van der Waals surface area contributed by atoms with Crippen molar-refractivity contribution in [2.24, 2.45) is 5.41 Å². The molecule has 1 N–H and O–H groups in total. The SMILES string of the molecule is CC1(C)CCCN(c2cncc(C(=O)O)n2)C1. The number of carboxylic acids is 1. The maximum Gasteiger partial charge on any atom is 0.356 e. The first-order chi connectivity index (χ1) is 7.98. The van der Waals surface area contributed by atoms with E-state index in [9.17, 15) is 4.79 Å². The van der Waals surface area contributed by atoms with E-state index in [1.807, 2.05) is 0 Å². The van der Waals surface area contributed by atoms with Gasteiger partial charge in [0.05, 0.1) is 12.4 Å². The largest absolute Gasteiger partial charge is 0.476 e. The summed E-state index contributed by atoms with van der Waals surface area (Å²) < 4.78 is 0. The van der Waals surface area contributed by atoms with Crippen LogP contribution in [0.2, 0.25) is 0 Å². The molecule has 0 atom stereocenters. The van der Waals surface area contributed by atoms with Crippen LogP contribution in [-0.2, 0) is 0 Å². The molecule has 1 aliphatic heterocycles. The monoisotopic (exact) mass is 235 g/mol. The van der Waals surface area contributed by atoms with Crippen molar-refractivity contribution in [3.63, 3.8) is 0 Å². The lowest BCUT2D eigenvalue weighted by Crippen LogP contribution is -2.40. The number of hydrogen-bond acceptors (Lipinski definition) is 4. The van der Waals surface area contributed by atoms with Crippen molar-refractivity contribution in [2.45, 2.75) is 26.7 Å². The van der Waals surface area contributed by atoms with Gasteiger partial charge in [0.25, 0.3) is 0 Å². The van der Waals surface area contributed by atoms with E-state index >= 15 is 0 Å². The zero-order chi connectivity index (χ0) is 12.5. The summed E-state index contributed by atoms with van der Waals surface area (Å²) in [6, 6.07) is 0. The number of hydrogen-bond donors (Lipinski definition) is 1. The second-order valence-electron chi connectivity index (χ2n) is 5.26. The van der Waals surface area contributed by atoms with Crippen molar-refractivity contribution in [3.05, 3.63) is 18.1 Å². The Labute approximate surface area is 100 Å². The Hall–Kier alpha value is -1.65. The molecule has 1 aliphatic rings. The van der Waals surface area contributed by atoms with Gasteiger partial charge >= 0.3 is 5.97 Å². The normalized spacial score (nSPS) is 19.1. The maximum atomic E-state index is 10.8. The van der Waals surface area contributed by atoms with E-state index in [0.717, 1.165) is 19.5 Å². The van der Waals surface area contributed by atoms with E-state index in [2.05, 4.69) is 28.7 Å². The fraction of sp³-hybridized carbons (Fsp3) is 0.583. The molecular weight excluding hydrogens is 218 g/mol. The topological polar surface area (TPSA) is 66.3 Å². The van der Waals surface area contributed by atoms with Gasteiger partial charge < -0.3 is 10.0 Å². The number of carboxylic acid groups (broad SMARTS) is 1. The lowest BCUT2D eigenvalue weighted by atomic mass is 9.84. The first-order valence-electron chi connectivity index (χ1n) is 5.78. The Morgan fingerprint density at radius 3 is 2.88 bits per heavy atom. The van der Waals surface area contributed by atoms with Crippen LogP contribution in [0.15, 0.2) is 12.4 Å². The summed E-state index contributed by atoms with van der Waals surface area (Å²) >= 11 is 0. The summed E-state index contributed by atoms with van der Waals surface area (Å²) in [5.41, 5.74) is 0.255. The minimum Gasteiger partial charge on any atom is -0.476 e. The third kappa shape index (κ3) is 2.72. The zero-order valence-electron chi connectivity index (χ0n) is 10.2. The van der Waals surface area contributed by atoms with Crippen molar-refractivity contribution >= 4 is 11.8 Å². The van der Waals surface area contributed by atoms with Crippen LogP contribution in [0, 0.1) is 5.41 Å². The molecule has 1 fully saturated rings. The van der Waals surface area contributed by atoms with Crippen LogP contribution in [0.5, 0.6) is 0 Å². The van der Waals surface area contributed by atoms with Crippen LogP contribution in [0.4, 0.5) is 5.82 Å². The van der Waals surface area contributed by atoms with Crippen LogP contribution in [0.3, 0.4) is 0 Å². The molecule has 0 radical (unpaired) electrons. The Bertz CT molecular complexity index is 432. The highest BCUT2D eigenvalue weighted by atomic mass is 16.4. The van der Waals surface area contributed by atoms with Crippen molar-refractivity contribution < 1.29 is 9.90 Å². The fourth-order valence-corrected chi connectivity index (χ4v) is 2.23. The van der Waals surface area contributed by atoms with Crippen molar-refractivity contribution in [1.82, 2.24) is 9.97 Å². The summed E-state index contributed by atoms with van der Waals surface area (Å²) in [4.78, 5) is 21.0. The summed E-state index contributed by atoms with van der Waals surface area (Å²) in [6.07, 6.45) is 5.20. The molecule has 17 heavy (non-hydrogen) atoms. The highest BCUT2D eigenvalue weighted by molar-refractivity contribution is 5.85. The van der Waals surface area contributed by atoms with Gasteiger partial charge in [0.2, 0.25) is 0 Å². The maximum absolute atomic E-state index is 10.8. The van der Waals surface area contributed by atoms with Gasteiger partial charge in [0.15, 0.2) is 5.69 Å². The lowest BCUT2D eigenvalue weighted by molar-refractivity contribution is 0.0690. The fourth-order valence-electron chi connectivity index (χ4n) is 2.23. The second-order valence-corrected chi connectivity index (χ2v) is 5.26. The van der Waals surface area contributed by atoms with Gasteiger partial charge in [-0.1, -0.05) is 13.8 Å². The Morgan fingerprint density at radius 2 is 2.24 bits per heavy atom. The molecule has 1 aromatic rings. The molecule has 0 saturated carbocycles. The summed E-state index contributed by atoms with van der Waals surface area (Å²) in [7, 11) is 0. The minimum atomic E-state index is -1.03. The highest BCUT2D eigenvalue weighted by Crippen LogP contribution is 2.30. The van der Waals surface area contributed by atoms with Crippen molar-refractivity contribution in [1.29, 1.82) is 0 Å². The number of rotatable bonds is 2. The molecule has 0 spiro atoms. The molecule has 92 valence electrons. The molecule has 0 aromatic carbocycles. The van der Waals surface area contributed by atoms with Crippen LogP contribution in [0.25, 0.3) is 0 Å². The van der Waals surface area contributed by atoms with Gasteiger partial charge in [0, 0.05) is 13.1 Å². The van der Waals surface area contributed by atoms with E-state index in [4.69, 9.17) is 5.11 Å². The first-order valence-corrected chi connectivity index (χ1v) is 5.78. The smallest absolute Gasteiger partial charge is 0.356 e. The van der Waals surface area contributed by atoms with Crippen LogP contribution in [-0.4, -0.2) is 34.1 Å². The van der Waals surface area contributed by atoms with Gasteiger partial charge in [-0.25, -0.2) is 9.78 Å². The third-order valence-corrected chi connectivity index (χ3v) is 3.07. The number of aromatic nitrogens is 2. The molecule has 5 nitrogen and oxygen atoms in total. The van der Waals surface area contributed by atoms with Crippen LogP contribution >= 0.6 is 0 Å². The van der Waals surface area contributed by atoms with E-state index in [-0.39, 0.29) is 11.1 Å². The van der Waals surface area contributed by atoms with Gasteiger partial charge in [0.1, 0.15) is 5.82 Å². The minimum absolute atomic E-state index is 0.00544. The predicted octanol–water partition coefficient (Wildman–Crippen LogP) is 1.80. The summed E-state index contributed by atoms with van der Waals surface area (Å²) in [5.74, 6) is -0.367. The molecular formula is C12H17N3O2. The van der Waals surface area contributed by atoms with Gasteiger partial charge in [-0.15, -0.1) is 0 Å². The predicted molar refractivity (Wildman–Crippen MR) is 64.2 cm³/mol. The van der Waals surface area contributed by atoms with Crippen LogP contribution < -0.4 is 4.90 Å². The van der Waals surface area contributed by atoms with Crippen molar-refractivity contribution in [3.8, 4) is 0 Å². The molecule has 1 aromatic heterocycles. The first kappa shape index (κ1) is 11.8. The van der Waals surface area contributed by atoms with Crippen molar-refractivity contribution in [2.75, 3.05) is 18.0 Å². The van der Waals surface area contributed by atoms with Gasteiger partial charge in [-0.2, -0.15) is 0 Å². The number of anilines is 1. The number of carbonyl (C=O) groups is 1. The molecule has 2 heterocycles. The lowest BCUT2D eigenvalue weighted by Gasteiger charge is -2.38. The van der Waals surface area contributed by atoms with E-state index in [1.54, 1.807) is 6.20 Å². The second kappa shape index (κ2) is 4.31. The van der Waals surface area contributed by atoms with Gasteiger partial charge in [-0.05, 0) is 18.3 Å². The molecule has 0 amide bonds. The Morgan fingerprint density at radius 1 is 1.47 bits per heavy atom. The zero-order valence-corrected chi connectivity index (χ0v) is 10.2. The summed E-state index contributed by atoms with van der Waals surface area (Å²) in [6.45, 7) is 6.24. The Balaban J connectivity index is 2.22. The highest BCUT2D eigenvalue weighted by Gasteiger charge is 2.27. The van der Waals surface area contributed by atoms with Gasteiger partial charge in [-0.3, -0.25) is 4.98 Å². The van der Waals surface area contributed by atoms with Crippen LogP contribution in [0.1, 0.15) is 37.2 Å². The van der Waals surface area contributed by atoms with E-state index in [0.29, 0.717) is 5.82 Å². The third-order valence-electron chi connectivity index (χ3n) is 3.07. The molecule has 2 rings (SSSR count).